The van der Waals surface area contributed by atoms with Gasteiger partial charge in [0.1, 0.15) is 0 Å². The summed E-state index contributed by atoms with van der Waals surface area (Å²) in [5, 5.41) is 0. The van der Waals surface area contributed by atoms with Crippen molar-refractivity contribution in [2.24, 2.45) is 0 Å². The quantitative estimate of drug-likeness (QED) is 0.498. The molecule has 2 saturated heterocycles. The Morgan fingerprint density at radius 2 is 1.55 bits per heavy atom. The van der Waals surface area contributed by atoms with Crippen molar-refractivity contribution >= 4 is 30.1 Å². The summed E-state index contributed by atoms with van der Waals surface area (Å²) in [6, 6.07) is 9.58. The Labute approximate surface area is 181 Å². The number of hydrogen-bond acceptors (Lipinski definition) is 7. The van der Waals surface area contributed by atoms with E-state index in [0.29, 0.717) is 18.1 Å². The van der Waals surface area contributed by atoms with Crippen molar-refractivity contribution in [2.45, 2.75) is 18.9 Å². The van der Waals surface area contributed by atoms with Crippen LogP contribution in [0, 0.1) is 0 Å². The Bertz CT molecular complexity index is 937. The number of nitrogens with zero attached hydrogens (tertiary/aromatic N) is 5. The van der Waals surface area contributed by atoms with Crippen LogP contribution in [0.1, 0.15) is 28.8 Å². The number of likely N-dealkylation sites (tertiary alicyclic amines) is 1. The summed E-state index contributed by atoms with van der Waals surface area (Å²) in [7, 11) is 0. The van der Waals surface area contributed by atoms with Gasteiger partial charge < -0.3 is 4.90 Å². The minimum atomic E-state index is -0.294. The predicted molar refractivity (Wildman–Crippen MR) is 116 cm³/mol. The molecule has 2 aliphatic heterocycles. The summed E-state index contributed by atoms with van der Waals surface area (Å²) in [6.45, 7) is 3.60. The summed E-state index contributed by atoms with van der Waals surface area (Å²) < 4.78 is 0. The molecule has 2 amide bonds. The van der Waals surface area contributed by atoms with Gasteiger partial charge in [-0.2, -0.15) is 0 Å². The number of carbonyl (C=O) groups excluding carboxylic acids is 3. The van der Waals surface area contributed by atoms with Crippen LogP contribution in [0.4, 0.5) is 5.95 Å². The number of amides is 2. The highest BCUT2D eigenvalue weighted by Crippen LogP contribution is 2.19. The zero-order valence-electron chi connectivity index (χ0n) is 17.3. The number of hydrogen-bond donors (Lipinski definition) is 0. The lowest BCUT2D eigenvalue weighted by Crippen LogP contribution is -2.52. The van der Waals surface area contributed by atoms with E-state index in [1.54, 1.807) is 0 Å². The number of carbonyl (C=O) groups is 3. The molecule has 8 nitrogen and oxygen atoms in total. The first-order chi connectivity index (χ1) is 15.1. The largest absolute Gasteiger partial charge is 0.338 e. The van der Waals surface area contributed by atoms with Gasteiger partial charge in [-0.1, -0.05) is 42.5 Å². The molecule has 0 bridgehead atoms. The van der Waals surface area contributed by atoms with E-state index < -0.39 is 0 Å². The van der Waals surface area contributed by atoms with Gasteiger partial charge in [0.05, 0.1) is 11.6 Å². The van der Waals surface area contributed by atoms with Crippen LogP contribution in [0.3, 0.4) is 0 Å². The number of piperazine rings is 1. The number of rotatable bonds is 7. The minimum Gasteiger partial charge on any atom is -0.338 e. The number of aldehydes is 1. The molecule has 1 aromatic heterocycles. The molecule has 0 radical (unpaired) electrons. The zero-order chi connectivity index (χ0) is 21.6. The molecular formula is C23H25N5O3. The molecule has 2 fully saturated rings. The molecular weight excluding hydrogens is 394 g/mol. The topological polar surface area (TPSA) is 86.7 Å². The SMILES string of the molecule is O=Cc1cnc(N2CCN(CC(/C=C/c3ccccc3)N3C(=O)CCC3=O)CC2)nc1. The lowest BCUT2D eigenvalue weighted by Gasteiger charge is -2.37. The van der Waals surface area contributed by atoms with E-state index in [2.05, 4.69) is 19.8 Å². The number of anilines is 1. The maximum absolute atomic E-state index is 12.4. The number of imide groups is 1. The summed E-state index contributed by atoms with van der Waals surface area (Å²) in [6.07, 6.45) is 8.29. The first-order valence-corrected chi connectivity index (χ1v) is 10.5. The third-order valence-corrected chi connectivity index (χ3v) is 5.63. The lowest BCUT2D eigenvalue weighted by atomic mass is 10.1. The van der Waals surface area contributed by atoms with Crippen LogP contribution in [0.5, 0.6) is 0 Å². The molecule has 1 aromatic carbocycles. The molecule has 0 saturated carbocycles. The van der Waals surface area contributed by atoms with Gasteiger partial charge in [0.25, 0.3) is 0 Å². The Kier molecular flexibility index (Phi) is 6.47. The molecule has 0 N–H and O–H groups in total. The van der Waals surface area contributed by atoms with E-state index in [0.717, 1.165) is 38.0 Å². The third kappa shape index (κ3) is 5.03. The van der Waals surface area contributed by atoms with Gasteiger partial charge in [0, 0.05) is 58.0 Å². The Balaban J connectivity index is 1.42. The Hall–Kier alpha value is -3.39. The van der Waals surface area contributed by atoms with Crippen molar-refractivity contribution in [3.05, 3.63) is 59.9 Å². The average molecular weight is 419 g/mol. The molecule has 31 heavy (non-hydrogen) atoms. The van der Waals surface area contributed by atoms with E-state index >= 15 is 0 Å². The van der Waals surface area contributed by atoms with E-state index in [1.165, 1.54) is 17.3 Å². The molecule has 0 spiro atoms. The van der Waals surface area contributed by atoms with Crippen LogP contribution in [0.25, 0.3) is 6.08 Å². The highest BCUT2D eigenvalue weighted by Gasteiger charge is 2.35. The molecule has 3 heterocycles. The first-order valence-electron chi connectivity index (χ1n) is 10.5. The summed E-state index contributed by atoms with van der Waals surface area (Å²) in [5.74, 6) is 0.403. The van der Waals surface area contributed by atoms with Crippen LogP contribution in [0.2, 0.25) is 0 Å². The van der Waals surface area contributed by atoms with E-state index in [1.807, 2.05) is 42.5 Å². The molecule has 1 atom stereocenters. The molecule has 160 valence electrons. The Morgan fingerprint density at radius 1 is 0.903 bits per heavy atom. The van der Waals surface area contributed by atoms with E-state index in [9.17, 15) is 14.4 Å². The van der Waals surface area contributed by atoms with Crippen molar-refractivity contribution in [3.63, 3.8) is 0 Å². The molecule has 8 heteroatoms. The van der Waals surface area contributed by atoms with Crippen LogP contribution < -0.4 is 4.90 Å². The summed E-state index contributed by atoms with van der Waals surface area (Å²) in [5.41, 5.74) is 1.49. The number of aromatic nitrogens is 2. The van der Waals surface area contributed by atoms with Gasteiger partial charge in [-0.3, -0.25) is 24.2 Å². The zero-order valence-corrected chi connectivity index (χ0v) is 17.3. The summed E-state index contributed by atoms with van der Waals surface area (Å²) in [4.78, 5) is 49.8. The fourth-order valence-corrected chi connectivity index (χ4v) is 3.93. The molecule has 2 aromatic rings. The molecule has 2 aliphatic rings. The van der Waals surface area contributed by atoms with Gasteiger partial charge in [0.2, 0.25) is 17.8 Å². The maximum Gasteiger partial charge on any atom is 0.230 e. The van der Waals surface area contributed by atoms with Gasteiger partial charge in [0.15, 0.2) is 6.29 Å². The highest BCUT2D eigenvalue weighted by atomic mass is 16.2. The van der Waals surface area contributed by atoms with Gasteiger partial charge >= 0.3 is 0 Å². The fraction of sp³-hybridized carbons (Fsp3) is 0.348. The second-order valence-electron chi connectivity index (χ2n) is 7.72. The number of benzene rings is 1. The van der Waals surface area contributed by atoms with Crippen LogP contribution in [-0.4, -0.2) is 76.6 Å². The van der Waals surface area contributed by atoms with Crippen molar-refractivity contribution in [3.8, 4) is 0 Å². The van der Waals surface area contributed by atoms with E-state index in [4.69, 9.17) is 0 Å². The molecule has 1 unspecified atom stereocenters. The fourth-order valence-electron chi connectivity index (χ4n) is 3.93. The normalized spacial score (nSPS) is 18.7. The predicted octanol–water partition coefficient (Wildman–Crippen LogP) is 1.64. The van der Waals surface area contributed by atoms with Crippen LogP contribution >= 0.6 is 0 Å². The van der Waals surface area contributed by atoms with Crippen molar-refractivity contribution in [1.82, 2.24) is 19.8 Å². The van der Waals surface area contributed by atoms with Gasteiger partial charge in [-0.15, -0.1) is 0 Å². The first kappa shape index (κ1) is 20.9. The van der Waals surface area contributed by atoms with Gasteiger partial charge in [-0.05, 0) is 5.56 Å². The molecule has 0 aliphatic carbocycles. The lowest BCUT2D eigenvalue weighted by molar-refractivity contribution is -0.140. The van der Waals surface area contributed by atoms with Crippen molar-refractivity contribution in [1.29, 1.82) is 0 Å². The van der Waals surface area contributed by atoms with Crippen molar-refractivity contribution in [2.75, 3.05) is 37.6 Å². The maximum atomic E-state index is 12.4. The minimum absolute atomic E-state index is 0.102. The van der Waals surface area contributed by atoms with E-state index in [-0.39, 0.29) is 30.7 Å². The second-order valence-corrected chi connectivity index (χ2v) is 7.72. The van der Waals surface area contributed by atoms with Crippen LogP contribution in [0.15, 0.2) is 48.8 Å². The smallest absolute Gasteiger partial charge is 0.230 e. The monoisotopic (exact) mass is 419 g/mol. The third-order valence-electron chi connectivity index (χ3n) is 5.63. The van der Waals surface area contributed by atoms with Crippen LogP contribution in [-0.2, 0) is 9.59 Å². The molecule has 4 rings (SSSR count). The second kappa shape index (κ2) is 9.61. The standard InChI is InChI=1S/C23H25N5O3/c29-17-19-14-24-23(25-15-19)27-12-10-26(11-13-27)16-20(28-21(30)8-9-22(28)31)7-6-18-4-2-1-3-5-18/h1-7,14-15,17,20H,8-13,16H2/b7-6+. The van der Waals surface area contributed by atoms with Crippen molar-refractivity contribution < 1.29 is 14.4 Å². The average Bonchev–Trinajstić information content (AvgIpc) is 3.15. The Morgan fingerprint density at radius 3 is 2.16 bits per heavy atom. The highest BCUT2D eigenvalue weighted by molar-refractivity contribution is 6.02. The summed E-state index contributed by atoms with van der Waals surface area (Å²) >= 11 is 0. The van der Waals surface area contributed by atoms with Gasteiger partial charge in [-0.25, -0.2) is 9.97 Å².